The van der Waals surface area contributed by atoms with E-state index in [1.54, 1.807) is 12.1 Å². The number of carbonyl (C=O) groups excluding carboxylic acids is 1. The SMILES string of the molecule is C[N@+]1(CCCc2ccccc2)CCC(OC(=O)C(O)(c2cccs2)c2cccs2)C1. The predicted molar refractivity (Wildman–Crippen MR) is 122 cm³/mol. The highest BCUT2D eigenvalue weighted by Crippen LogP contribution is 2.37. The fraction of sp³-hybridized carbons (Fsp3) is 0.375. The van der Waals surface area contributed by atoms with Gasteiger partial charge in [0, 0.05) is 12.8 Å². The van der Waals surface area contributed by atoms with Crippen LogP contribution in [0.5, 0.6) is 0 Å². The molecule has 1 saturated heterocycles. The number of quaternary nitrogens is 1. The lowest BCUT2D eigenvalue weighted by Crippen LogP contribution is -2.45. The molecule has 1 fully saturated rings. The van der Waals surface area contributed by atoms with Crippen LogP contribution < -0.4 is 0 Å². The number of rotatable bonds is 8. The zero-order valence-corrected chi connectivity index (χ0v) is 18.8. The Morgan fingerprint density at radius 1 is 1.10 bits per heavy atom. The van der Waals surface area contributed by atoms with Gasteiger partial charge in [-0.3, -0.25) is 0 Å². The third kappa shape index (κ3) is 4.52. The molecule has 0 aliphatic carbocycles. The molecule has 30 heavy (non-hydrogen) atoms. The van der Waals surface area contributed by atoms with Gasteiger partial charge in [0.25, 0.3) is 0 Å². The number of nitrogens with zero attached hydrogens (tertiary/aromatic N) is 1. The van der Waals surface area contributed by atoms with Crippen molar-refractivity contribution in [3.63, 3.8) is 0 Å². The maximum Gasteiger partial charge on any atom is 0.349 e. The van der Waals surface area contributed by atoms with E-state index in [4.69, 9.17) is 4.74 Å². The van der Waals surface area contributed by atoms with Crippen molar-refractivity contribution < 1.29 is 19.1 Å². The molecule has 6 heteroatoms. The molecule has 4 rings (SSSR count). The summed E-state index contributed by atoms with van der Waals surface area (Å²) >= 11 is 2.75. The molecule has 1 aliphatic heterocycles. The zero-order chi connectivity index (χ0) is 21.0. The van der Waals surface area contributed by atoms with Crippen LogP contribution in [0.4, 0.5) is 0 Å². The number of ether oxygens (including phenoxy) is 1. The first-order valence-electron chi connectivity index (χ1n) is 10.4. The van der Waals surface area contributed by atoms with Crippen LogP contribution >= 0.6 is 22.7 Å². The second-order valence-electron chi connectivity index (χ2n) is 8.32. The van der Waals surface area contributed by atoms with Gasteiger partial charge in [0.15, 0.2) is 6.10 Å². The van der Waals surface area contributed by atoms with Gasteiger partial charge in [-0.25, -0.2) is 4.79 Å². The Hall–Kier alpha value is -1.99. The van der Waals surface area contributed by atoms with E-state index in [2.05, 4.69) is 31.3 Å². The minimum atomic E-state index is -1.72. The molecule has 1 aliphatic rings. The molecule has 0 radical (unpaired) electrons. The highest BCUT2D eigenvalue weighted by atomic mass is 32.1. The fourth-order valence-corrected chi connectivity index (χ4v) is 5.98. The topological polar surface area (TPSA) is 46.5 Å². The standard InChI is InChI=1S/C24H28NO3S2/c1-25(14-5-10-19-8-3-2-4-9-19)15-13-20(18-25)28-23(26)24(27,21-11-6-16-29-21)22-12-7-17-30-22/h2-4,6-9,11-12,16-17,20,27H,5,10,13-15,18H2,1H3/q+1/t20?,25-/m0/s1. The van der Waals surface area contributed by atoms with Crippen LogP contribution in [-0.4, -0.2) is 48.3 Å². The predicted octanol–water partition coefficient (Wildman–Crippen LogP) is 4.44. The van der Waals surface area contributed by atoms with Crippen LogP contribution in [0.1, 0.15) is 28.2 Å². The Morgan fingerprint density at radius 2 is 1.77 bits per heavy atom. The normalized spacial score (nSPS) is 21.6. The summed E-state index contributed by atoms with van der Waals surface area (Å²) in [5, 5.41) is 15.1. The summed E-state index contributed by atoms with van der Waals surface area (Å²) < 4.78 is 6.80. The van der Waals surface area contributed by atoms with E-state index in [9.17, 15) is 9.90 Å². The summed E-state index contributed by atoms with van der Waals surface area (Å²) in [5.41, 5.74) is -0.356. The van der Waals surface area contributed by atoms with E-state index >= 15 is 0 Å². The first-order valence-corrected chi connectivity index (χ1v) is 12.1. The van der Waals surface area contributed by atoms with Gasteiger partial charge >= 0.3 is 5.97 Å². The maximum absolute atomic E-state index is 13.2. The molecular formula is C24H28NO3S2+. The largest absolute Gasteiger partial charge is 0.453 e. The molecule has 2 atom stereocenters. The van der Waals surface area contributed by atoms with Gasteiger partial charge in [-0.1, -0.05) is 42.5 Å². The van der Waals surface area contributed by atoms with E-state index in [-0.39, 0.29) is 6.10 Å². The number of benzene rings is 1. The Bertz CT molecular complexity index is 906. The van der Waals surface area contributed by atoms with E-state index in [1.165, 1.54) is 28.2 Å². The minimum Gasteiger partial charge on any atom is -0.453 e. The number of esters is 1. The third-order valence-corrected chi connectivity index (χ3v) is 7.92. The van der Waals surface area contributed by atoms with Crippen molar-refractivity contribution in [2.24, 2.45) is 0 Å². The van der Waals surface area contributed by atoms with Crippen molar-refractivity contribution in [2.45, 2.75) is 31.0 Å². The number of aliphatic hydroxyl groups is 1. The van der Waals surface area contributed by atoms with Crippen LogP contribution in [0, 0.1) is 0 Å². The quantitative estimate of drug-likeness (QED) is 0.414. The molecule has 0 bridgehead atoms. The van der Waals surface area contributed by atoms with Crippen molar-refractivity contribution in [3.8, 4) is 0 Å². The maximum atomic E-state index is 13.2. The number of likely N-dealkylation sites (N-methyl/N-ethyl adjacent to an activating group) is 1. The molecule has 2 aromatic heterocycles. The van der Waals surface area contributed by atoms with Crippen molar-refractivity contribution in [1.29, 1.82) is 0 Å². The lowest BCUT2D eigenvalue weighted by molar-refractivity contribution is -0.899. The Morgan fingerprint density at radius 3 is 2.37 bits per heavy atom. The number of hydrogen-bond acceptors (Lipinski definition) is 5. The van der Waals surface area contributed by atoms with E-state index in [0.29, 0.717) is 9.75 Å². The summed E-state index contributed by atoms with van der Waals surface area (Å²) in [7, 11) is 2.24. The summed E-state index contributed by atoms with van der Waals surface area (Å²) in [5.74, 6) is -0.560. The second-order valence-corrected chi connectivity index (χ2v) is 10.2. The molecule has 0 amide bonds. The molecule has 4 nitrogen and oxygen atoms in total. The highest BCUT2D eigenvalue weighted by Gasteiger charge is 2.46. The van der Waals surface area contributed by atoms with E-state index < -0.39 is 11.6 Å². The molecule has 1 aromatic carbocycles. The summed E-state index contributed by atoms with van der Waals surface area (Å²) in [4.78, 5) is 14.4. The molecule has 3 aromatic rings. The first kappa shape index (κ1) is 21.2. The lowest BCUT2D eigenvalue weighted by Gasteiger charge is -2.30. The van der Waals surface area contributed by atoms with Crippen LogP contribution in [0.25, 0.3) is 0 Å². The highest BCUT2D eigenvalue weighted by molar-refractivity contribution is 7.12. The number of carbonyl (C=O) groups is 1. The molecule has 3 heterocycles. The van der Waals surface area contributed by atoms with Gasteiger partial charge in [0.2, 0.25) is 5.60 Å². The van der Waals surface area contributed by atoms with Crippen molar-refractivity contribution in [2.75, 3.05) is 26.7 Å². The van der Waals surface area contributed by atoms with E-state index in [1.807, 2.05) is 29.0 Å². The van der Waals surface area contributed by atoms with Crippen LogP contribution in [0.3, 0.4) is 0 Å². The lowest BCUT2D eigenvalue weighted by atomic mass is 10.00. The molecule has 0 saturated carbocycles. The number of hydrogen-bond donors (Lipinski definition) is 1. The van der Waals surface area contributed by atoms with Crippen LogP contribution in [-0.2, 0) is 21.6 Å². The van der Waals surface area contributed by atoms with Crippen LogP contribution in [0.15, 0.2) is 65.4 Å². The Kier molecular flexibility index (Phi) is 6.39. The fourth-order valence-electron chi connectivity index (χ4n) is 4.27. The van der Waals surface area contributed by atoms with E-state index in [0.717, 1.165) is 43.4 Å². The molecule has 158 valence electrons. The van der Waals surface area contributed by atoms with Gasteiger partial charge in [-0.15, -0.1) is 22.7 Å². The van der Waals surface area contributed by atoms with Gasteiger partial charge in [-0.2, -0.15) is 0 Å². The van der Waals surface area contributed by atoms with Gasteiger partial charge in [0.1, 0.15) is 6.54 Å². The van der Waals surface area contributed by atoms with Crippen molar-refractivity contribution >= 4 is 28.6 Å². The molecular weight excluding hydrogens is 414 g/mol. The smallest absolute Gasteiger partial charge is 0.349 e. The number of aryl methyl sites for hydroxylation is 1. The van der Waals surface area contributed by atoms with Gasteiger partial charge < -0.3 is 14.3 Å². The van der Waals surface area contributed by atoms with Gasteiger partial charge in [-0.05, 0) is 34.9 Å². The number of likely N-dealkylation sites (tertiary alicyclic amines) is 1. The molecule has 0 spiro atoms. The summed E-state index contributed by atoms with van der Waals surface area (Å²) in [6.07, 6.45) is 2.84. The summed E-state index contributed by atoms with van der Waals surface area (Å²) in [6.45, 7) is 2.84. The minimum absolute atomic E-state index is 0.161. The Labute approximate surface area is 186 Å². The first-order chi connectivity index (χ1) is 14.5. The average Bonchev–Trinajstić information content (AvgIpc) is 3.51. The van der Waals surface area contributed by atoms with Crippen molar-refractivity contribution in [1.82, 2.24) is 0 Å². The number of thiophene rings is 2. The molecule has 1 unspecified atom stereocenters. The van der Waals surface area contributed by atoms with Gasteiger partial charge in [0.05, 0.1) is 29.9 Å². The third-order valence-electron chi connectivity index (χ3n) is 5.97. The second kappa shape index (κ2) is 9.02. The molecule has 1 N–H and O–H groups in total. The van der Waals surface area contributed by atoms with Crippen molar-refractivity contribution in [3.05, 3.63) is 80.7 Å². The monoisotopic (exact) mass is 442 g/mol. The zero-order valence-electron chi connectivity index (χ0n) is 17.2. The average molecular weight is 443 g/mol. The summed E-state index contributed by atoms with van der Waals surface area (Å²) in [6, 6.07) is 17.8. The van der Waals surface area contributed by atoms with Crippen LogP contribution in [0.2, 0.25) is 0 Å². The Balaban J connectivity index is 1.37.